The Hall–Kier alpha value is -5.79. The number of aliphatic hydroxyl groups excluding tert-OH is 1. The Labute approximate surface area is 346 Å². The maximum absolute atomic E-state index is 13.3. The van der Waals surface area contributed by atoms with Crippen LogP contribution in [0.25, 0.3) is 10.9 Å². The largest absolute Gasteiger partial charge is 0.506 e. The number of carbonyl (C=O) groups is 2. The number of nitrogens with one attached hydrogen (secondary N) is 2. The maximum atomic E-state index is 13.3. The zero-order chi connectivity index (χ0) is 40.7. The SMILES string of the molecule is O=C(C[C@@H](c1ccccc1)c1cccc(OCc2ccc(C(=O)OCc3csc(CNC[C@H](O)c4ccc(O)c5[nH]c(=O)ccc45)c3)cc2)c1)O[C@H]1CN2CCC1CC2. The van der Waals surface area contributed by atoms with E-state index < -0.39 is 12.1 Å². The van der Waals surface area contributed by atoms with Crippen LogP contribution in [0.3, 0.4) is 0 Å². The molecule has 2 bridgehead atoms. The van der Waals surface area contributed by atoms with Crippen LogP contribution in [0.1, 0.15) is 74.3 Å². The van der Waals surface area contributed by atoms with E-state index in [1.165, 1.54) is 23.5 Å². The van der Waals surface area contributed by atoms with Crippen molar-refractivity contribution in [2.45, 2.75) is 57.1 Å². The molecule has 304 valence electrons. The number of aromatic hydroxyl groups is 1. The normalized spacial score (nSPS) is 18.3. The quantitative estimate of drug-likeness (QED) is 0.0739. The summed E-state index contributed by atoms with van der Waals surface area (Å²) in [6, 6.07) is 33.1. The lowest BCUT2D eigenvalue weighted by atomic mass is 9.85. The van der Waals surface area contributed by atoms with E-state index in [0.717, 1.165) is 59.6 Å². The van der Waals surface area contributed by atoms with Crippen LogP contribution >= 0.6 is 11.3 Å². The predicted molar refractivity (Wildman–Crippen MR) is 226 cm³/mol. The molecule has 0 unspecified atom stereocenters. The number of hydrogen-bond donors (Lipinski definition) is 4. The fourth-order valence-electron chi connectivity index (χ4n) is 8.08. The lowest BCUT2D eigenvalue weighted by Gasteiger charge is -2.44. The number of fused-ring (bicyclic) bond motifs is 4. The van der Waals surface area contributed by atoms with Gasteiger partial charge in [0.15, 0.2) is 0 Å². The fourth-order valence-corrected chi connectivity index (χ4v) is 8.93. The van der Waals surface area contributed by atoms with Crippen molar-refractivity contribution in [3.63, 3.8) is 0 Å². The smallest absolute Gasteiger partial charge is 0.338 e. The number of piperidine rings is 3. The predicted octanol–water partition coefficient (Wildman–Crippen LogP) is 7.21. The molecule has 6 aromatic rings. The molecule has 3 saturated heterocycles. The number of pyridine rings is 1. The number of aromatic amines is 1. The van der Waals surface area contributed by atoms with Crippen LogP contribution in [0, 0.1) is 5.92 Å². The number of aliphatic hydroxyl groups is 1. The third-order valence-corrected chi connectivity index (χ3v) is 12.3. The Kier molecular flexibility index (Phi) is 12.5. The van der Waals surface area contributed by atoms with E-state index in [0.29, 0.717) is 46.8 Å². The molecule has 3 aliphatic heterocycles. The summed E-state index contributed by atoms with van der Waals surface area (Å²) in [6.07, 6.45) is 1.53. The van der Waals surface area contributed by atoms with Crippen molar-refractivity contribution in [3.8, 4) is 11.5 Å². The number of phenolic OH excluding ortho intramolecular Hbond substituents is 1. The minimum absolute atomic E-state index is 0.0288. The standard InChI is InChI=1S/C47H47N3O8S/c51-41-15-13-38(39-14-16-44(53)49-46(39)41)42(52)25-48-24-37-21-31(29-59-37)28-57-47(55)34-11-9-30(10-12-34)27-56-36-8-4-7-35(22-36)40(32-5-2-1-3-6-32)23-45(54)58-43-26-50-19-17-33(43)18-20-50/h1-16,21-22,29,33,40,42-43,48,51-52H,17-20,23-28H2,(H,49,53)/t40-,42-,43-/m0/s1. The molecule has 3 fully saturated rings. The first kappa shape index (κ1) is 40.0. The van der Waals surface area contributed by atoms with Crippen LogP contribution in [0.5, 0.6) is 11.5 Å². The molecular weight excluding hydrogens is 767 g/mol. The van der Waals surface area contributed by atoms with Gasteiger partial charge < -0.3 is 34.7 Å². The van der Waals surface area contributed by atoms with E-state index >= 15 is 0 Å². The van der Waals surface area contributed by atoms with Gasteiger partial charge in [0.05, 0.1) is 23.6 Å². The Balaban J connectivity index is 0.806. The Morgan fingerprint density at radius 3 is 2.46 bits per heavy atom. The van der Waals surface area contributed by atoms with Gasteiger partial charge in [-0.3, -0.25) is 14.5 Å². The molecule has 9 rings (SSSR count). The molecular formula is C47H47N3O8S. The molecule has 0 amide bonds. The molecule has 0 radical (unpaired) electrons. The van der Waals surface area contributed by atoms with Crippen LogP contribution in [0.2, 0.25) is 0 Å². The van der Waals surface area contributed by atoms with Crippen LogP contribution < -0.4 is 15.6 Å². The monoisotopic (exact) mass is 813 g/mol. The minimum atomic E-state index is -0.866. The summed E-state index contributed by atoms with van der Waals surface area (Å²) in [5.41, 5.74) is 4.76. The number of carbonyl (C=O) groups excluding carboxylic acids is 2. The molecule has 12 heteroatoms. The first-order valence-electron chi connectivity index (χ1n) is 20.0. The van der Waals surface area contributed by atoms with Crippen molar-refractivity contribution < 1.29 is 34.0 Å². The number of H-pyrrole nitrogens is 1. The number of aromatic nitrogens is 1. The van der Waals surface area contributed by atoms with E-state index in [2.05, 4.69) is 15.2 Å². The molecule has 3 atom stereocenters. The fraction of sp³-hybridized carbons (Fsp3) is 0.298. The summed E-state index contributed by atoms with van der Waals surface area (Å²) >= 11 is 1.52. The summed E-state index contributed by atoms with van der Waals surface area (Å²) in [5.74, 6) is 0.303. The van der Waals surface area contributed by atoms with E-state index in [9.17, 15) is 24.6 Å². The summed E-state index contributed by atoms with van der Waals surface area (Å²) in [5, 5.41) is 26.7. The van der Waals surface area contributed by atoms with Crippen molar-refractivity contribution in [3.05, 3.63) is 163 Å². The second-order valence-corrected chi connectivity index (χ2v) is 16.3. The number of thiophene rings is 1. The van der Waals surface area contributed by atoms with Crippen LogP contribution in [-0.2, 0) is 34.0 Å². The summed E-state index contributed by atoms with van der Waals surface area (Å²) in [6.45, 7) is 4.19. The molecule has 0 spiro atoms. The number of rotatable bonds is 16. The summed E-state index contributed by atoms with van der Waals surface area (Å²) < 4.78 is 17.9. The molecule has 2 aromatic heterocycles. The van der Waals surface area contributed by atoms with Gasteiger partial charge >= 0.3 is 11.9 Å². The van der Waals surface area contributed by atoms with Crippen molar-refractivity contribution >= 4 is 34.2 Å². The van der Waals surface area contributed by atoms with Gasteiger partial charge in [0.2, 0.25) is 5.56 Å². The molecule has 5 heterocycles. The third kappa shape index (κ3) is 9.92. The van der Waals surface area contributed by atoms with E-state index in [4.69, 9.17) is 14.2 Å². The highest BCUT2D eigenvalue weighted by Crippen LogP contribution is 2.34. The molecule has 4 aromatic carbocycles. The van der Waals surface area contributed by atoms with Gasteiger partial charge in [-0.15, -0.1) is 11.3 Å². The molecule has 3 aliphatic rings. The maximum Gasteiger partial charge on any atom is 0.338 e. The van der Waals surface area contributed by atoms with Crippen LogP contribution in [0.4, 0.5) is 0 Å². The number of ether oxygens (including phenoxy) is 3. The minimum Gasteiger partial charge on any atom is -0.506 e. The Bertz CT molecular complexity index is 2440. The van der Waals surface area contributed by atoms with E-state index in [1.54, 1.807) is 24.3 Å². The van der Waals surface area contributed by atoms with Gasteiger partial charge in [-0.25, -0.2) is 4.79 Å². The van der Waals surface area contributed by atoms with E-state index in [1.807, 2.05) is 78.2 Å². The number of esters is 2. The second-order valence-electron chi connectivity index (χ2n) is 15.3. The highest BCUT2D eigenvalue weighted by Gasteiger charge is 2.37. The first-order valence-corrected chi connectivity index (χ1v) is 20.9. The Morgan fingerprint density at radius 1 is 0.881 bits per heavy atom. The van der Waals surface area contributed by atoms with Crippen molar-refractivity contribution in [2.24, 2.45) is 5.92 Å². The van der Waals surface area contributed by atoms with Crippen molar-refractivity contribution in [1.29, 1.82) is 0 Å². The zero-order valence-corrected chi connectivity index (χ0v) is 33.4. The number of nitrogens with zero attached hydrogens (tertiary/aromatic N) is 1. The summed E-state index contributed by atoms with van der Waals surface area (Å²) in [7, 11) is 0. The molecule has 59 heavy (non-hydrogen) atoms. The third-order valence-electron chi connectivity index (χ3n) is 11.3. The van der Waals surface area contributed by atoms with E-state index in [-0.39, 0.29) is 48.9 Å². The zero-order valence-electron chi connectivity index (χ0n) is 32.5. The van der Waals surface area contributed by atoms with Gasteiger partial charge in [-0.05, 0) is 102 Å². The second kappa shape index (κ2) is 18.4. The van der Waals surface area contributed by atoms with Crippen LogP contribution in [0.15, 0.2) is 119 Å². The molecule has 4 N–H and O–H groups in total. The highest BCUT2D eigenvalue weighted by molar-refractivity contribution is 7.10. The molecule has 11 nitrogen and oxygen atoms in total. The summed E-state index contributed by atoms with van der Waals surface area (Å²) in [4.78, 5) is 44.0. The number of benzene rings is 4. The number of hydrogen-bond acceptors (Lipinski definition) is 11. The van der Waals surface area contributed by atoms with Gasteiger partial charge in [0.1, 0.15) is 30.8 Å². The van der Waals surface area contributed by atoms with Gasteiger partial charge in [-0.1, -0.05) is 60.7 Å². The lowest BCUT2D eigenvalue weighted by molar-refractivity contribution is -0.159. The van der Waals surface area contributed by atoms with Gasteiger partial charge in [0.25, 0.3) is 0 Å². The van der Waals surface area contributed by atoms with Crippen molar-refractivity contribution in [2.75, 3.05) is 26.2 Å². The first-order chi connectivity index (χ1) is 28.8. The van der Waals surface area contributed by atoms with Gasteiger partial charge in [0, 0.05) is 47.4 Å². The van der Waals surface area contributed by atoms with Crippen molar-refractivity contribution in [1.82, 2.24) is 15.2 Å². The average molecular weight is 814 g/mol. The average Bonchev–Trinajstić information content (AvgIpc) is 3.72. The highest BCUT2D eigenvalue weighted by atomic mass is 32.1. The van der Waals surface area contributed by atoms with Gasteiger partial charge in [-0.2, -0.15) is 0 Å². The number of phenols is 1. The molecule has 0 aliphatic carbocycles. The topological polar surface area (TPSA) is 150 Å². The Morgan fingerprint density at radius 2 is 1.68 bits per heavy atom. The molecule has 0 saturated carbocycles. The lowest BCUT2D eigenvalue weighted by Crippen LogP contribution is -2.52. The van der Waals surface area contributed by atoms with Crippen LogP contribution in [-0.4, -0.2) is 64.3 Å².